The predicted molar refractivity (Wildman–Crippen MR) is 78.7 cm³/mol. The molecule has 1 aliphatic heterocycles. The molecule has 0 saturated carbocycles. The molecule has 11 heteroatoms. The Hall–Kier alpha value is -2.62. The Kier molecular flexibility index (Phi) is 5.31. The number of rotatable bonds is 1. The summed E-state index contributed by atoms with van der Waals surface area (Å²) in [7, 11) is 0. The van der Waals surface area contributed by atoms with Gasteiger partial charge >= 0.3 is 12.1 Å². The highest BCUT2D eigenvalue weighted by Gasteiger charge is 2.38. The molecule has 3 N–H and O–H groups in total. The van der Waals surface area contributed by atoms with Gasteiger partial charge < -0.3 is 15.4 Å². The number of H-pyrrole nitrogens is 1. The first-order valence-electron chi connectivity index (χ1n) is 6.71. The molecule has 0 aliphatic carbocycles. The second-order valence-electron chi connectivity index (χ2n) is 4.87. The van der Waals surface area contributed by atoms with Gasteiger partial charge in [0.15, 0.2) is 5.82 Å². The van der Waals surface area contributed by atoms with Gasteiger partial charge in [0.1, 0.15) is 5.15 Å². The van der Waals surface area contributed by atoms with Gasteiger partial charge in [0.25, 0.3) is 5.91 Å². The number of aromatic amines is 1. The summed E-state index contributed by atoms with van der Waals surface area (Å²) in [5.74, 6) is -3.37. The van der Waals surface area contributed by atoms with E-state index in [4.69, 9.17) is 21.5 Å². The fourth-order valence-corrected chi connectivity index (χ4v) is 2.22. The number of carboxylic acids is 1. The van der Waals surface area contributed by atoms with Crippen LogP contribution in [-0.4, -0.2) is 39.7 Å². The normalized spacial score (nSPS) is 13.4. The number of amides is 1. The minimum atomic E-state index is -5.08. The number of fused-ring (bicyclic) bond motifs is 1. The topological polar surface area (TPSA) is 95.1 Å². The quantitative estimate of drug-likeness (QED) is 0.524. The maximum Gasteiger partial charge on any atom is 0.490 e. The lowest BCUT2D eigenvalue weighted by Gasteiger charge is -2.10. The lowest BCUT2D eigenvalue weighted by atomic mass is 10.1. The summed E-state index contributed by atoms with van der Waals surface area (Å²) in [6.07, 6.45) is -3.31. The zero-order valence-electron chi connectivity index (χ0n) is 12.2. The van der Waals surface area contributed by atoms with Crippen LogP contribution in [0.25, 0.3) is 11.3 Å². The molecule has 2 aromatic rings. The number of hydrogen-bond acceptors (Lipinski definition) is 3. The average Bonchev–Trinajstić information content (AvgIpc) is 2.95. The number of nitrogens with one attached hydrogen (secondary N) is 2. The van der Waals surface area contributed by atoms with Crippen LogP contribution in [0.5, 0.6) is 0 Å². The lowest BCUT2D eigenvalue weighted by Crippen LogP contribution is -2.31. The van der Waals surface area contributed by atoms with Gasteiger partial charge in [-0.2, -0.15) is 13.2 Å². The lowest BCUT2D eigenvalue weighted by molar-refractivity contribution is -0.192. The maximum atomic E-state index is 13.7. The van der Waals surface area contributed by atoms with Gasteiger partial charge in [-0.05, 0) is 12.1 Å². The zero-order chi connectivity index (χ0) is 18.8. The van der Waals surface area contributed by atoms with Crippen LogP contribution in [0, 0.1) is 5.82 Å². The Bertz CT molecular complexity index is 820. The molecule has 2 aromatic heterocycles. The van der Waals surface area contributed by atoms with Gasteiger partial charge in [-0.25, -0.2) is 14.2 Å². The van der Waals surface area contributed by atoms with E-state index in [1.54, 1.807) is 6.07 Å². The third-order valence-electron chi connectivity index (χ3n) is 3.16. The highest BCUT2D eigenvalue weighted by Crippen LogP contribution is 2.27. The Morgan fingerprint density at radius 1 is 1.28 bits per heavy atom. The van der Waals surface area contributed by atoms with E-state index in [0.717, 1.165) is 11.9 Å². The standard InChI is InChI=1S/C12H9ClFN3O.C2HF3O2/c13-11-4-6(8(14)5-16-11)10-3-7-9(17-10)1-2-15-12(7)18;3-2(4,5)1(6)7/h3-5,17H,1-2H2,(H,15,18);(H,6,7). The van der Waals surface area contributed by atoms with Crippen molar-refractivity contribution in [2.75, 3.05) is 6.54 Å². The minimum Gasteiger partial charge on any atom is -0.475 e. The number of aliphatic carboxylic acids is 1. The molecule has 1 aliphatic rings. The van der Waals surface area contributed by atoms with Gasteiger partial charge in [0.2, 0.25) is 0 Å². The first-order chi connectivity index (χ1) is 11.6. The molecule has 0 atom stereocenters. The molecule has 6 nitrogen and oxygen atoms in total. The Labute approximate surface area is 142 Å². The van der Waals surface area contributed by atoms with Gasteiger partial charge in [0.05, 0.1) is 11.8 Å². The highest BCUT2D eigenvalue weighted by molar-refractivity contribution is 6.29. The van der Waals surface area contributed by atoms with Crippen LogP contribution in [0.2, 0.25) is 5.15 Å². The predicted octanol–water partition coefficient (Wildman–Crippen LogP) is 2.79. The second-order valence-corrected chi connectivity index (χ2v) is 5.26. The average molecular weight is 380 g/mol. The molecule has 0 bridgehead atoms. The molecular formula is C14H10ClF4N3O3. The molecule has 25 heavy (non-hydrogen) atoms. The van der Waals surface area contributed by atoms with Crippen LogP contribution >= 0.6 is 11.6 Å². The molecule has 1 amide bonds. The van der Waals surface area contributed by atoms with E-state index in [-0.39, 0.29) is 11.1 Å². The Morgan fingerprint density at radius 2 is 1.92 bits per heavy atom. The van der Waals surface area contributed by atoms with Crippen LogP contribution in [0.3, 0.4) is 0 Å². The van der Waals surface area contributed by atoms with Gasteiger partial charge in [-0.15, -0.1) is 0 Å². The van der Waals surface area contributed by atoms with Crippen molar-refractivity contribution >= 4 is 23.5 Å². The molecule has 0 spiro atoms. The molecule has 0 saturated heterocycles. The van der Waals surface area contributed by atoms with E-state index in [0.29, 0.717) is 29.8 Å². The van der Waals surface area contributed by atoms with E-state index < -0.39 is 18.0 Å². The van der Waals surface area contributed by atoms with E-state index >= 15 is 0 Å². The summed E-state index contributed by atoms with van der Waals surface area (Å²) in [4.78, 5) is 27.2. The van der Waals surface area contributed by atoms with Crippen LogP contribution in [-0.2, 0) is 11.2 Å². The van der Waals surface area contributed by atoms with E-state index in [2.05, 4.69) is 15.3 Å². The summed E-state index contributed by atoms with van der Waals surface area (Å²) >= 11 is 5.75. The van der Waals surface area contributed by atoms with Crippen molar-refractivity contribution in [1.82, 2.24) is 15.3 Å². The number of carbonyl (C=O) groups is 2. The largest absolute Gasteiger partial charge is 0.490 e. The monoisotopic (exact) mass is 379 g/mol. The summed E-state index contributed by atoms with van der Waals surface area (Å²) in [6.45, 7) is 0.589. The summed E-state index contributed by atoms with van der Waals surface area (Å²) in [5, 5.41) is 10.1. The number of pyridine rings is 1. The number of carboxylic acid groups (broad SMARTS) is 1. The Balaban J connectivity index is 0.000000277. The number of halogens is 5. The summed E-state index contributed by atoms with van der Waals surface area (Å²) in [5.41, 5.74) is 2.24. The maximum absolute atomic E-state index is 13.7. The first-order valence-corrected chi connectivity index (χ1v) is 7.09. The third kappa shape index (κ3) is 4.47. The van der Waals surface area contributed by atoms with Crippen molar-refractivity contribution in [3.8, 4) is 11.3 Å². The highest BCUT2D eigenvalue weighted by atomic mass is 35.5. The van der Waals surface area contributed by atoms with Crippen molar-refractivity contribution in [2.45, 2.75) is 12.6 Å². The molecule has 3 heterocycles. The van der Waals surface area contributed by atoms with E-state index in [9.17, 15) is 22.4 Å². The molecule has 0 radical (unpaired) electrons. The van der Waals surface area contributed by atoms with Crippen molar-refractivity contribution < 1.29 is 32.3 Å². The molecule has 0 unspecified atom stereocenters. The van der Waals surface area contributed by atoms with Crippen molar-refractivity contribution in [3.63, 3.8) is 0 Å². The number of alkyl halides is 3. The minimum absolute atomic E-state index is 0.140. The molecule has 0 fully saturated rings. The molecule has 134 valence electrons. The van der Waals surface area contributed by atoms with Crippen LogP contribution < -0.4 is 5.32 Å². The van der Waals surface area contributed by atoms with Crippen LogP contribution in [0.4, 0.5) is 17.6 Å². The van der Waals surface area contributed by atoms with Gasteiger partial charge in [-0.3, -0.25) is 4.79 Å². The van der Waals surface area contributed by atoms with E-state index in [1.807, 2.05) is 0 Å². The van der Waals surface area contributed by atoms with Crippen molar-refractivity contribution in [2.24, 2.45) is 0 Å². The first kappa shape index (κ1) is 18.7. The van der Waals surface area contributed by atoms with Gasteiger partial charge in [-0.1, -0.05) is 11.6 Å². The SMILES string of the molecule is O=C(O)C(F)(F)F.O=C1NCCc2[nH]c(-c3cc(Cl)ncc3F)cc21. The number of nitrogens with zero attached hydrogens (tertiary/aromatic N) is 1. The molecular weight excluding hydrogens is 370 g/mol. The zero-order valence-corrected chi connectivity index (χ0v) is 13.0. The van der Waals surface area contributed by atoms with Gasteiger partial charge in [0, 0.05) is 29.9 Å². The van der Waals surface area contributed by atoms with Crippen molar-refractivity contribution in [1.29, 1.82) is 0 Å². The summed E-state index contributed by atoms with van der Waals surface area (Å²) in [6, 6.07) is 3.07. The van der Waals surface area contributed by atoms with E-state index in [1.165, 1.54) is 6.07 Å². The fraction of sp³-hybridized carbons (Fsp3) is 0.214. The van der Waals surface area contributed by atoms with Crippen LogP contribution in [0.15, 0.2) is 18.3 Å². The third-order valence-corrected chi connectivity index (χ3v) is 3.37. The van der Waals surface area contributed by atoms with Crippen LogP contribution in [0.1, 0.15) is 16.1 Å². The van der Waals surface area contributed by atoms with Crippen molar-refractivity contribution in [3.05, 3.63) is 40.6 Å². The number of hydrogen-bond donors (Lipinski definition) is 3. The number of aromatic nitrogens is 2. The number of carbonyl (C=O) groups excluding carboxylic acids is 1. The smallest absolute Gasteiger partial charge is 0.475 e. The molecule has 0 aromatic carbocycles. The Morgan fingerprint density at radius 3 is 2.48 bits per heavy atom. The molecule has 3 rings (SSSR count). The fourth-order valence-electron chi connectivity index (χ4n) is 2.06. The second kappa shape index (κ2) is 7.09. The summed E-state index contributed by atoms with van der Waals surface area (Å²) < 4.78 is 45.4.